The molecule has 5 aliphatic rings. The molecular weight excluding hydrogens is 393 g/mol. The third-order valence-electron chi connectivity index (χ3n) is 10.7. The lowest BCUT2D eigenvalue weighted by Gasteiger charge is -2.65. The van der Waals surface area contributed by atoms with E-state index >= 15 is 4.39 Å². The molecule has 31 heavy (non-hydrogen) atoms. The molecule has 4 saturated carbocycles. The minimum atomic E-state index is -0.943. The number of fused-ring (bicyclic) bond motifs is 5. The van der Waals surface area contributed by atoms with Crippen LogP contribution in [0.15, 0.2) is 0 Å². The second kappa shape index (κ2) is 7.97. The largest absolute Gasteiger partial charge is 0.390 e. The van der Waals surface area contributed by atoms with E-state index in [0.29, 0.717) is 24.7 Å². The summed E-state index contributed by atoms with van der Waals surface area (Å²) in [6.07, 6.45) is 8.91. The third-order valence-corrected chi connectivity index (χ3v) is 10.7. The van der Waals surface area contributed by atoms with Gasteiger partial charge in [0.2, 0.25) is 5.91 Å². The molecule has 5 rings (SSSR count). The number of amides is 1. The summed E-state index contributed by atoms with van der Waals surface area (Å²) in [5.41, 5.74) is -0.624. The molecular formula is C26H42FNO3. The predicted molar refractivity (Wildman–Crippen MR) is 118 cm³/mol. The summed E-state index contributed by atoms with van der Waals surface area (Å²) < 4.78 is 16.2. The average molecular weight is 436 g/mol. The van der Waals surface area contributed by atoms with Gasteiger partial charge in [-0.25, -0.2) is 4.39 Å². The predicted octanol–water partition coefficient (Wildman–Crippen LogP) is 4.47. The van der Waals surface area contributed by atoms with Gasteiger partial charge in [-0.05, 0) is 87.4 Å². The van der Waals surface area contributed by atoms with Crippen LogP contribution < -0.4 is 0 Å². The van der Waals surface area contributed by atoms with Gasteiger partial charge in [0.05, 0.1) is 12.2 Å². The fourth-order valence-corrected chi connectivity index (χ4v) is 9.19. The summed E-state index contributed by atoms with van der Waals surface area (Å²) in [6.45, 7) is 5.16. The minimum absolute atomic E-state index is 0.0105. The van der Waals surface area contributed by atoms with Gasteiger partial charge in [0.1, 0.15) is 6.17 Å². The number of carbonyl (C=O) groups excluding carboxylic acids is 1. The first-order chi connectivity index (χ1) is 14.8. The maximum atomic E-state index is 16.2. The number of hydrogen-bond acceptors (Lipinski definition) is 3. The van der Waals surface area contributed by atoms with Crippen molar-refractivity contribution in [3.05, 3.63) is 0 Å². The molecule has 0 spiro atoms. The summed E-state index contributed by atoms with van der Waals surface area (Å²) in [4.78, 5) is 15.7. The molecule has 0 bridgehead atoms. The van der Waals surface area contributed by atoms with Gasteiger partial charge in [-0.1, -0.05) is 26.2 Å². The van der Waals surface area contributed by atoms with Gasteiger partial charge in [0.15, 0.2) is 0 Å². The minimum Gasteiger partial charge on any atom is -0.390 e. The van der Waals surface area contributed by atoms with E-state index in [0.717, 1.165) is 64.3 Å². The maximum absolute atomic E-state index is 16.2. The fraction of sp³-hybridized carbons (Fsp3) is 0.962. The lowest BCUT2D eigenvalue weighted by Crippen LogP contribution is -2.69. The lowest BCUT2D eigenvalue weighted by molar-refractivity contribution is -0.206. The molecule has 1 aliphatic heterocycles. The molecule has 176 valence electrons. The molecule has 1 saturated heterocycles. The molecule has 5 heteroatoms. The van der Waals surface area contributed by atoms with E-state index in [2.05, 4.69) is 18.7 Å². The normalized spacial score (nSPS) is 50.9. The highest BCUT2D eigenvalue weighted by molar-refractivity contribution is 5.80. The van der Waals surface area contributed by atoms with Crippen LogP contribution in [0.4, 0.5) is 4.39 Å². The van der Waals surface area contributed by atoms with Crippen LogP contribution >= 0.6 is 0 Å². The van der Waals surface area contributed by atoms with Crippen molar-refractivity contribution in [2.24, 2.45) is 35.0 Å². The second-order valence-electron chi connectivity index (χ2n) is 12.1. The summed E-state index contributed by atoms with van der Waals surface area (Å²) in [5, 5.41) is 21.0. The second-order valence-corrected chi connectivity index (χ2v) is 12.1. The Morgan fingerprint density at radius 1 is 0.935 bits per heavy atom. The highest BCUT2D eigenvalue weighted by Gasteiger charge is 2.64. The molecule has 9 atom stereocenters. The highest BCUT2D eigenvalue weighted by Crippen LogP contribution is 2.64. The fourth-order valence-electron chi connectivity index (χ4n) is 9.19. The van der Waals surface area contributed by atoms with Crippen LogP contribution in [0.1, 0.15) is 90.9 Å². The van der Waals surface area contributed by atoms with Crippen LogP contribution in [0.2, 0.25) is 0 Å². The van der Waals surface area contributed by atoms with E-state index < -0.39 is 18.4 Å². The number of aliphatic hydroxyl groups is 2. The number of halogens is 1. The lowest BCUT2D eigenvalue weighted by atomic mass is 9.44. The summed E-state index contributed by atoms with van der Waals surface area (Å²) in [5.74, 6) is 1.00. The van der Waals surface area contributed by atoms with E-state index in [1.54, 1.807) is 0 Å². The molecule has 1 unspecified atom stereocenters. The van der Waals surface area contributed by atoms with Crippen LogP contribution in [0.25, 0.3) is 0 Å². The van der Waals surface area contributed by atoms with Crippen molar-refractivity contribution in [3.63, 3.8) is 0 Å². The average Bonchev–Trinajstić information content (AvgIpc) is 2.75. The van der Waals surface area contributed by atoms with Gasteiger partial charge < -0.3 is 15.1 Å². The number of likely N-dealkylation sites (tertiary alicyclic amines) is 1. The molecule has 4 aliphatic carbocycles. The van der Waals surface area contributed by atoms with Crippen molar-refractivity contribution in [1.29, 1.82) is 0 Å². The molecule has 0 aromatic carbocycles. The van der Waals surface area contributed by atoms with Crippen LogP contribution in [-0.2, 0) is 4.79 Å². The summed E-state index contributed by atoms with van der Waals surface area (Å²) in [7, 11) is 0. The Bertz CT molecular complexity index is 696. The highest BCUT2D eigenvalue weighted by atomic mass is 19.1. The zero-order valence-electron chi connectivity index (χ0n) is 19.4. The SMILES string of the molecule is C[C@]12CC[C@H](O)[C@H](O)C1CC[C@@H]1[C@@H]2[C@@H](F)C[C@@]2(C)[C@H]1CCCN2C(=O)C1CCCCC1. The Balaban J connectivity index is 1.43. The number of alkyl halides is 1. The van der Waals surface area contributed by atoms with Crippen molar-refractivity contribution in [2.75, 3.05) is 6.54 Å². The van der Waals surface area contributed by atoms with E-state index in [9.17, 15) is 15.0 Å². The standard InChI is InChI=1S/C26H42FNO3/c1-25-13-12-21(29)23(30)19(25)11-10-17-18-9-6-14-28(24(31)16-7-4-3-5-8-16)26(18,2)15-20(27)22(17)25/h16-23,29-30H,3-15H2,1-2H3/t17-,18-,19?,20-,21-,22+,23+,25-,26-/m0/s1. The van der Waals surface area contributed by atoms with Crippen molar-refractivity contribution in [1.82, 2.24) is 4.90 Å². The quantitative estimate of drug-likeness (QED) is 0.639. The molecule has 4 nitrogen and oxygen atoms in total. The van der Waals surface area contributed by atoms with Crippen LogP contribution in [0, 0.1) is 35.0 Å². The Morgan fingerprint density at radius 3 is 2.42 bits per heavy atom. The number of nitrogens with zero attached hydrogens (tertiary/aromatic N) is 1. The number of rotatable bonds is 1. The summed E-state index contributed by atoms with van der Waals surface area (Å²) >= 11 is 0. The summed E-state index contributed by atoms with van der Waals surface area (Å²) in [6, 6.07) is 0. The van der Waals surface area contributed by atoms with E-state index in [1.165, 1.54) is 6.42 Å². The molecule has 5 fully saturated rings. The van der Waals surface area contributed by atoms with Crippen LogP contribution in [0.3, 0.4) is 0 Å². The van der Waals surface area contributed by atoms with Gasteiger partial charge in [-0.3, -0.25) is 4.79 Å². The Hall–Kier alpha value is -0.680. The molecule has 1 amide bonds. The number of carbonyl (C=O) groups is 1. The van der Waals surface area contributed by atoms with E-state index in [-0.39, 0.29) is 34.6 Å². The zero-order chi connectivity index (χ0) is 22.0. The molecule has 1 heterocycles. The topological polar surface area (TPSA) is 60.8 Å². The van der Waals surface area contributed by atoms with E-state index in [4.69, 9.17) is 0 Å². The third kappa shape index (κ3) is 3.31. The Morgan fingerprint density at radius 2 is 1.68 bits per heavy atom. The molecule has 0 aromatic heterocycles. The van der Waals surface area contributed by atoms with Crippen LogP contribution in [-0.4, -0.2) is 51.5 Å². The van der Waals surface area contributed by atoms with Gasteiger partial charge in [0.25, 0.3) is 0 Å². The van der Waals surface area contributed by atoms with Crippen molar-refractivity contribution in [3.8, 4) is 0 Å². The maximum Gasteiger partial charge on any atom is 0.226 e. The Labute approximate surface area is 187 Å². The van der Waals surface area contributed by atoms with Gasteiger partial charge >= 0.3 is 0 Å². The van der Waals surface area contributed by atoms with Crippen molar-refractivity contribution >= 4 is 5.91 Å². The Kier molecular flexibility index (Phi) is 5.69. The molecule has 0 aromatic rings. The number of piperidine rings is 1. The first kappa shape index (κ1) is 22.1. The number of hydrogen-bond donors (Lipinski definition) is 2. The first-order valence-corrected chi connectivity index (χ1v) is 13.1. The molecule has 2 N–H and O–H groups in total. The molecule has 0 radical (unpaired) electrons. The van der Waals surface area contributed by atoms with Gasteiger partial charge in [0, 0.05) is 24.4 Å². The number of aliphatic hydroxyl groups excluding tert-OH is 2. The van der Waals surface area contributed by atoms with E-state index in [1.807, 2.05) is 0 Å². The van der Waals surface area contributed by atoms with Crippen molar-refractivity contribution < 1.29 is 19.4 Å². The van der Waals surface area contributed by atoms with Gasteiger partial charge in [-0.2, -0.15) is 0 Å². The smallest absolute Gasteiger partial charge is 0.226 e. The first-order valence-electron chi connectivity index (χ1n) is 13.1. The van der Waals surface area contributed by atoms with Crippen LogP contribution in [0.5, 0.6) is 0 Å². The monoisotopic (exact) mass is 435 g/mol. The van der Waals surface area contributed by atoms with Crippen molar-refractivity contribution in [2.45, 2.75) is 115 Å². The van der Waals surface area contributed by atoms with Gasteiger partial charge in [-0.15, -0.1) is 0 Å². The zero-order valence-corrected chi connectivity index (χ0v) is 19.4.